The molecule has 10 rings (SSSR count). The molecule has 0 saturated carbocycles. The third-order valence-corrected chi connectivity index (χ3v) is 12.0. The van der Waals surface area contributed by atoms with Crippen molar-refractivity contribution >= 4 is 53.3 Å². The summed E-state index contributed by atoms with van der Waals surface area (Å²) < 4.78 is 2.73. The Kier molecular flexibility index (Phi) is 6.02. The van der Waals surface area contributed by atoms with Crippen LogP contribution >= 0.6 is 11.3 Å². The molecule has 2 heterocycles. The van der Waals surface area contributed by atoms with Crippen LogP contribution in [0.15, 0.2) is 109 Å². The Morgan fingerprint density at radius 2 is 1.00 bits per heavy atom. The molecule has 0 saturated heterocycles. The standard InChI is InChI=1S/C44H35NS/c1-3-9-29-21-31(15-13-27(29)7-1)33-18-20-43-39(23-33)40-26-35(32-16-14-28-8-2-4-10-30(28)22-32)25-37(44(40)46-43)34-17-19-42-38(24-34)36-11-5-6-12-41(36)45-42/h5-6,11-26,45H,1-4,7-10H2. The zero-order valence-electron chi connectivity index (χ0n) is 26.0. The summed E-state index contributed by atoms with van der Waals surface area (Å²) in [6.45, 7) is 0. The Bertz CT molecular complexity index is 2490. The molecule has 0 unspecified atom stereocenters. The lowest BCUT2D eigenvalue weighted by molar-refractivity contribution is 0.686. The molecule has 1 nitrogen and oxygen atoms in total. The van der Waals surface area contributed by atoms with Crippen LogP contribution in [0.1, 0.15) is 47.9 Å². The maximum Gasteiger partial charge on any atom is 0.0465 e. The van der Waals surface area contributed by atoms with E-state index in [1.54, 1.807) is 11.1 Å². The topological polar surface area (TPSA) is 15.8 Å². The van der Waals surface area contributed by atoms with Crippen LogP contribution in [0.3, 0.4) is 0 Å². The molecule has 2 heteroatoms. The number of fused-ring (bicyclic) bond motifs is 8. The fraction of sp³-hybridized carbons (Fsp3) is 0.182. The van der Waals surface area contributed by atoms with E-state index in [9.17, 15) is 0 Å². The van der Waals surface area contributed by atoms with Gasteiger partial charge in [0.05, 0.1) is 0 Å². The molecule has 46 heavy (non-hydrogen) atoms. The van der Waals surface area contributed by atoms with Gasteiger partial charge < -0.3 is 4.98 Å². The van der Waals surface area contributed by atoms with E-state index in [2.05, 4.69) is 114 Å². The van der Waals surface area contributed by atoms with Crippen molar-refractivity contribution in [2.75, 3.05) is 0 Å². The molecule has 0 fully saturated rings. The highest BCUT2D eigenvalue weighted by molar-refractivity contribution is 7.26. The monoisotopic (exact) mass is 609 g/mol. The molecule has 222 valence electrons. The fourth-order valence-corrected chi connectivity index (χ4v) is 9.48. The minimum absolute atomic E-state index is 1.19. The number of para-hydroxylation sites is 1. The second-order valence-corrected chi connectivity index (χ2v) is 14.6. The van der Waals surface area contributed by atoms with Gasteiger partial charge in [0.15, 0.2) is 0 Å². The zero-order valence-corrected chi connectivity index (χ0v) is 26.8. The molecule has 8 aromatic rings. The van der Waals surface area contributed by atoms with Crippen molar-refractivity contribution in [3.05, 3.63) is 131 Å². The van der Waals surface area contributed by atoms with Gasteiger partial charge in [-0.25, -0.2) is 0 Å². The largest absolute Gasteiger partial charge is 0.355 e. The van der Waals surface area contributed by atoms with Crippen LogP contribution in [0.4, 0.5) is 0 Å². The summed E-state index contributed by atoms with van der Waals surface area (Å²) in [5.74, 6) is 0. The number of hydrogen-bond donors (Lipinski definition) is 1. The van der Waals surface area contributed by atoms with Crippen LogP contribution in [0, 0.1) is 0 Å². The van der Waals surface area contributed by atoms with E-state index >= 15 is 0 Å². The molecule has 2 aromatic heterocycles. The number of benzene rings is 6. The minimum Gasteiger partial charge on any atom is -0.355 e. The van der Waals surface area contributed by atoms with Crippen molar-refractivity contribution in [1.29, 1.82) is 0 Å². The van der Waals surface area contributed by atoms with Gasteiger partial charge in [0.2, 0.25) is 0 Å². The van der Waals surface area contributed by atoms with Gasteiger partial charge in [-0.05, 0) is 144 Å². The second-order valence-electron chi connectivity index (χ2n) is 13.5. The van der Waals surface area contributed by atoms with Gasteiger partial charge in [-0.2, -0.15) is 0 Å². The van der Waals surface area contributed by atoms with Crippen LogP contribution in [-0.4, -0.2) is 4.98 Å². The highest BCUT2D eigenvalue weighted by Gasteiger charge is 2.18. The first-order valence-electron chi connectivity index (χ1n) is 17.0. The third kappa shape index (κ3) is 4.27. The van der Waals surface area contributed by atoms with Gasteiger partial charge in [0.1, 0.15) is 0 Å². The maximum atomic E-state index is 3.62. The lowest BCUT2D eigenvalue weighted by atomic mass is 9.88. The normalized spacial score (nSPS) is 14.7. The van der Waals surface area contributed by atoms with E-state index in [0.29, 0.717) is 0 Å². The van der Waals surface area contributed by atoms with Crippen LogP contribution in [0.25, 0.3) is 75.4 Å². The van der Waals surface area contributed by atoms with Crippen molar-refractivity contribution in [3.8, 4) is 33.4 Å². The summed E-state index contributed by atoms with van der Waals surface area (Å²) in [5, 5.41) is 5.30. The predicted octanol–water partition coefficient (Wildman–Crippen LogP) is 12.4. The second kappa shape index (κ2) is 10.4. The molecule has 0 atom stereocenters. The van der Waals surface area contributed by atoms with E-state index in [4.69, 9.17) is 0 Å². The van der Waals surface area contributed by atoms with Gasteiger partial charge in [-0.3, -0.25) is 0 Å². The van der Waals surface area contributed by atoms with Gasteiger partial charge in [-0.1, -0.05) is 66.7 Å². The van der Waals surface area contributed by atoms with Crippen LogP contribution in [0.5, 0.6) is 0 Å². The molecule has 0 spiro atoms. The van der Waals surface area contributed by atoms with E-state index in [1.165, 1.54) is 138 Å². The quantitative estimate of drug-likeness (QED) is 0.205. The first-order chi connectivity index (χ1) is 22.7. The molecule has 0 amide bonds. The Hall–Kier alpha value is -4.66. The molecule has 1 N–H and O–H groups in total. The van der Waals surface area contributed by atoms with E-state index in [-0.39, 0.29) is 0 Å². The van der Waals surface area contributed by atoms with Crippen LogP contribution < -0.4 is 0 Å². The third-order valence-electron chi connectivity index (χ3n) is 10.8. The number of rotatable bonds is 3. The van der Waals surface area contributed by atoms with Gasteiger partial charge >= 0.3 is 0 Å². The Morgan fingerprint density at radius 3 is 1.78 bits per heavy atom. The van der Waals surface area contributed by atoms with Gasteiger partial charge in [0.25, 0.3) is 0 Å². The van der Waals surface area contributed by atoms with Crippen molar-refractivity contribution in [2.45, 2.75) is 51.4 Å². The predicted molar refractivity (Wildman–Crippen MR) is 198 cm³/mol. The number of H-pyrrole nitrogens is 1. The highest BCUT2D eigenvalue weighted by atomic mass is 32.1. The highest BCUT2D eigenvalue weighted by Crippen LogP contribution is 2.45. The molecule has 2 aliphatic rings. The van der Waals surface area contributed by atoms with Gasteiger partial charge in [0, 0.05) is 47.5 Å². The average molecular weight is 610 g/mol. The molecule has 0 bridgehead atoms. The van der Waals surface area contributed by atoms with Crippen molar-refractivity contribution in [3.63, 3.8) is 0 Å². The van der Waals surface area contributed by atoms with Crippen LogP contribution in [0.2, 0.25) is 0 Å². The zero-order chi connectivity index (χ0) is 30.2. The lowest BCUT2D eigenvalue weighted by Gasteiger charge is -2.17. The summed E-state index contributed by atoms with van der Waals surface area (Å²) in [5.41, 5.74) is 16.5. The first-order valence-corrected chi connectivity index (χ1v) is 17.8. The molecular weight excluding hydrogens is 575 g/mol. The Balaban J connectivity index is 1.20. The molecule has 0 radical (unpaired) electrons. The van der Waals surface area contributed by atoms with E-state index < -0.39 is 0 Å². The number of aromatic nitrogens is 1. The summed E-state index contributed by atoms with van der Waals surface area (Å²) in [7, 11) is 0. The molecule has 0 aliphatic heterocycles. The SMILES string of the molecule is c1ccc2c(c1)[nH]c1ccc(-c3cc(-c4ccc5c(c4)CCCC5)cc4c3sc3ccc(-c5ccc6c(c5)CCCC6)cc34)cc12. The Morgan fingerprint density at radius 1 is 0.413 bits per heavy atom. The summed E-state index contributed by atoms with van der Waals surface area (Å²) >= 11 is 1.94. The number of nitrogens with one attached hydrogen (secondary N) is 1. The smallest absolute Gasteiger partial charge is 0.0465 e. The number of aromatic amines is 1. The van der Waals surface area contributed by atoms with Crippen LogP contribution in [-0.2, 0) is 25.7 Å². The summed E-state index contributed by atoms with van der Waals surface area (Å²) in [6.07, 6.45) is 10.1. The maximum absolute atomic E-state index is 3.62. The Labute approximate surface area is 273 Å². The number of thiophene rings is 1. The van der Waals surface area contributed by atoms with Gasteiger partial charge in [-0.15, -0.1) is 11.3 Å². The minimum atomic E-state index is 1.19. The summed E-state index contributed by atoms with van der Waals surface area (Å²) in [6, 6.07) is 42.2. The van der Waals surface area contributed by atoms with E-state index in [1.807, 2.05) is 11.3 Å². The molecular formula is C44H35NS. The first kappa shape index (κ1) is 26.5. The summed E-state index contributed by atoms with van der Waals surface area (Å²) in [4.78, 5) is 3.62. The average Bonchev–Trinajstić information content (AvgIpc) is 3.68. The number of hydrogen-bond acceptors (Lipinski definition) is 1. The number of aryl methyl sites for hydroxylation is 4. The van der Waals surface area contributed by atoms with Crippen molar-refractivity contribution < 1.29 is 0 Å². The lowest BCUT2D eigenvalue weighted by Crippen LogP contribution is -2.02. The van der Waals surface area contributed by atoms with Crippen molar-refractivity contribution in [1.82, 2.24) is 4.98 Å². The molecule has 2 aliphatic carbocycles. The van der Waals surface area contributed by atoms with Crippen molar-refractivity contribution in [2.24, 2.45) is 0 Å². The van der Waals surface area contributed by atoms with E-state index in [0.717, 1.165) is 0 Å². The molecule has 6 aromatic carbocycles. The fourth-order valence-electron chi connectivity index (χ4n) is 8.28.